The molecule has 0 aromatic heterocycles. The number of ether oxygens (including phenoxy) is 5. The molecule has 1 saturated heterocycles. The first-order chi connectivity index (χ1) is 17.0. The minimum Gasteiger partial charge on any atom is -0.494 e. The zero-order valence-corrected chi connectivity index (χ0v) is 24.4. The molecule has 0 radical (unpaired) electrons. The maximum atomic E-state index is 13.4. The lowest BCUT2D eigenvalue weighted by Crippen LogP contribution is -2.28. The van der Waals surface area contributed by atoms with Crippen LogP contribution in [0.3, 0.4) is 0 Å². The molecule has 3 atom stereocenters. The van der Waals surface area contributed by atoms with Gasteiger partial charge in [0.05, 0.1) is 24.4 Å². The molecule has 1 aliphatic carbocycles. The number of carbonyl (C=O) groups excluding carboxylic acids is 1. The second-order valence-electron chi connectivity index (χ2n) is 11.8. The predicted molar refractivity (Wildman–Crippen MR) is 146 cm³/mol. The molecule has 202 valence electrons. The Morgan fingerprint density at radius 1 is 1.08 bits per heavy atom. The van der Waals surface area contributed by atoms with Crippen LogP contribution in [0, 0.1) is 5.92 Å². The van der Waals surface area contributed by atoms with E-state index in [9.17, 15) is 4.79 Å². The van der Waals surface area contributed by atoms with E-state index < -0.39 is 13.9 Å². The summed E-state index contributed by atoms with van der Waals surface area (Å²) in [6, 6.07) is 4.97. The van der Waals surface area contributed by atoms with Crippen LogP contribution in [0.1, 0.15) is 68.8 Å². The van der Waals surface area contributed by atoms with Gasteiger partial charge in [-0.3, -0.25) is 4.79 Å². The lowest BCUT2D eigenvalue weighted by molar-refractivity contribution is -0.149. The lowest BCUT2D eigenvalue weighted by atomic mass is 9.91. The third-order valence-electron chi connectivity index (χ3n) is 6.78. The first-order valence-electron chi connectivity index (χ1n) is 13.5. The Kier molecular flexibility index (Phi) is 10.2. The Balaban J connectivity index is 1.90. The fourth-order valence-corrected chi connectivity index (χ4v) is 5.62. The zero-order valence-electron chi connectivity index (χ0n) is 23.4. The summed E-state index contributed by atoms with van der Waals surface area (Å²) in [5, 5.41) is 0. The first-order valence-corrected chi connectivity index (χ1v) is 17.2. The normalized spacial score (nSPS) is 26.0. The van der Waals surface area contributed by atoms with Crippen LogP contribution < -0.4 is 9.47 Å². The molecule has 0 N–H and O–H groups in total. The monoisotopic (exact) mass is 518 g/mol. The van der Waals surface area contributed by atoms with Crippen molar-refractivity contribution in [1.82, 2.24) is 0 Å². The van der Waals surface area contributed by atoms with Gasteiger partial charge in [0.1, 0.15) is 11.5 Å². The standard InChI is InChI=1S/C29H46O6Si/c1-21-12-9-8-10-14-24(30)27-22(13-11-15-25-28(21)35-29(2,3)34-25)18-23(19-26(27)33-20-31-4)32-16-17-36(5,6)7/h9,12,18-19,21,25,28H,8,10-11,13-17,20H2,1-7H3/b12-9-/t21?,25-,28+/m0/s1. The second kappa shape index (κ2) is 12.7. The van der Waals surface area contributed by atoms with Crippen molar-refractivity contribution in [1.29, 1.82) is 0 Å². The number of benzene rings is 1. The van der Waals surface area contributed by atoms with Gasteiger partial charge in [-0.25, -0.2) is 0 Å². The average molecular weight is 519 g/mol. The fraction of sp³-hybridized carbons (Fsp3) is 0.690. The molecular weight excluding hydrogens is 472 g/mol. The van der Waals surface area contributed by atoms with Gasteiger partial charge in [-0.05, 0) is 63.6 Å². The molecule has 1 fully saturated rings. The van der Waals surface area contributed by atoms with E-state index in [0.29, 0.717) is 24.3 Å². The van der Waals surface area contributed by atoms with Crippen molar-refractivity contribution in [2.45, 2.75) is 103 Å². The Labute approximate surface area is 218 Å². The predicted octanol–water partition coefficient (Wildman–Crippen LogP) is 6.79. The molecule has 1 heterocycles. The Hall–Kier alpha value is -1.67. The second-order valence-corrected chi connectivity index (χ2v) is 17.4. The lowest BCUT2D eigenvalue weighted by Gasteiger charge is -2.22. The van der Waals surface area contributed by atoms with Crippen molar-refractivity contribution >= 4 is 13.9 Å². The minimum absolute atomic E-state index is 0.0159. The Morgan fingerprint density at radius 2 is 1.86 bits per heavy atom. The first kappa shape index (κ1) is 28.9. The van der Waals surface area contributed by atoms with E-state index in [-0.39, 0.29) is 30.7 Å². The van der Waals surface area contributed by atoms with Crippen LogP contribution in [-0.2, 0) is 20.6 Å². The summed E-state index contributed by atoms with van der Waals surface area (Å²) in [5.74, 6) is 1.09. The summed E-state index contributed by atoms with van der Waals surface area (Å²) in [6.45, 7) is 13.9. The van der Waals surface area contributed by atoms with Crippen LogP contribution in [0.2, 0.25) is 25.7 Å². The van der Waals surface area contributed by atoms with E-state index in [1.165, 1.54) is 0 Å². The van der Waals surface area contributed by atoms with E-state index in [2.05, 4.69) is 38.7 Å². The van der Waals surface area contributed by atoms with Crippen molar-refractivity contribution in [3.05, 3.63) is 35.4 Å². The number of methoxy groups -OCH3 is 1. The summed E-state index contributed by atoms with van der Waals surface area (Å²) < 4.78 is 29.8. The van der Waals surface area contributed by atoms with Crippen LogP contribution in [0.4, 0.5) is 0 Å². The fourth-order valence-electron chi connectivity index (χ4n) is 4.91. The molecule has 1 aliphatic heterocycles. The zero-order chi connectivity index (χ0) is 26.3. The van der Waals surface area contributed by atoms with Crippen molar-refractivity contribution in [2.24, 2.45) is 5.92 Å². The van der Waals surface area contributed by atoms with Crippen LogP contribution in [0.25, 0.3) is 0 Å². The molecular formula is C29H46O6Si. The highest BCUT2D eigenvalue weighted by atomic mass is 28.3. The Morgan fingerprint density at radius 3 is 2.58 bits per heavy atom. The van der Waals surface area contributed by atoms with Crippen LogP contribution in [0.5, 0.6) is 11.5 Å². The molecule has 1 aromatic carbocycles. The number of carbonyl (C=O) groups is 1. The van der Waals surface area contributed by atoms with Crippen molar-refractivity contribution in [3.8, 4) is 11.5 Å². The number of Topliss-reactive ketones (excluding diaryl/α,β-unsaturated/α-hetero) is 1. The van der Waals surface area contributed by atoms with E-state index in [4.69, 9.17) is 23.7 Å². The molecule has 0 saturated carbocycles. The number of allylic oxidation sites excluding steroid dienone is 1. The number of hydrogen-bond donors (Lipinski definition) is 0. The smallest absolute Gasteiger partial charge is 0.188 e. The SMILES string of the molecule is COCOc1cc(OCC[Si](C)(C)C)cc2c1C(=O)CCC/C=C\C(C)[C@H]1OC(C)(C)O[C@H]1CCC2. The number of fused-ring (bicyclic) bond motifs is 2. The highest BCUT2D eigenvalue weighted by molar-refractivity contribution is 6.76. The Bertz CT molecular complexity index is 904. The average Bonchev–Trinajstić information content (AvgIpc) is 3.10. The van der Waals surface area contributed by atoms with E-state index in [1.807, 2.05) is 26.0 Å². The van der Waals surface area contributed by atoms with Gasteiger partial charge in [0, 0.05) is 33.6 Å². The van der Waals surface area contributed by atoms with Crippen LogP contribution in [-0.4, -0.2) is 52.4 Å². The summed E-state index contributed by atoms with van der Waals surface area (Å²) in [4.78, 5) is 13.4. The van der Waals surface area contributed by atoms with Gasteiger partial charge in [0.15, 0.2) is 18.4 Å². The maximum Gasteiger partial charge on any atom is 0.188 e. The van der Waals surface area contributed by atoms with Gasteiger partial charge in [-0.2, -0.15) is 0 Å². The van der Waals surface area contributed by atoms with E-state index >= 15 is 0 Å². The molecule has 0 amide bonds. The molecule has 1 unspecified atom stereocenters. The summed E-state index contributed by atoms with van der Waals surface area (Å²) in [5.41, 5.74) is 1.64. The largest absolute Gasteiger partial charge is 0.494 e. The van der Waals surface area contributed by atoms with Gasteiger partial charge < -0.3 is 23.7 Å². The summed E-state index contributed by atoms with van der Waals surface area (Å²) in [6.07, 6.45) is 9.01. The summed E-state index contributed by atoms with van der Waals surface area (Å²) in [7, 11) is 0.364. The third-order valence-corrected chi connectivity index (χ3v) is 8.48. The number of ketones is 1. The van der Waals surface area contributed by atoms with Gasteiger partial charge in [0.25, 0.3) is 0 Å². The number of hydrogen-bond acceptors (Lipinski definition) is 6. The number of rotatable bonds is 7. The topological polar surface area (TPSA) is 63.2 Å². The van der Waals surface area contributed by atoms with Gasteiger partial charge in [0.2, 0.25) is 0 Å². The third kappa shape index (κ3) is 8.44. The van der Waals surface area contributed by atoms with Gasteiger partial charge >= 0.3 is 0 Å². The molecule has 2 aliphatic rings. The highest BCUT2D eigenvalue weighted by Gasteiger charge is 2.42. The van der Waals surface area contributed by atoms with Crippen molar-refractivity contribution in [2.75, 3.05) is 20.5 Å². The van der Waals surface area contributed by atoms with Gasteiger partial charge in [-0.15, -0.1) is 0 Å². The molecule has 36 heavy (non-hydrogen) atoms. The van der Waals surface area contributed by atoms with Crippen molar-refractivity contribution < 1.29 is 28.5 Å². The molecule has 3 rings (SSSR count). The molecule has 0 spiro atoms. The van der Waals surface area contributed by atoms with Crippen molar-refractivity contribution in [3.63, 3.8) is 0 Å². The molecule has 0 bridgehead atoms. The van der Waals surface area contributed by atoms with Crippen LogP contribution in [0.15, 0.2) is 24.3 Å². The quantitative estimate of drug-likeness (QED) is 0.225. The van der Waals surface area contributed by atoms with E-state index in [1.54, 1.807) is 7.11 Å². The summed E-state index contributed by atoms with van der Waals surface area (Å²) >= 11 is 0. The highest BCUT2D eigenvalue weighted by Crippen LogP contribution is 2.37. The van der Waals surface area contributed by atoms with E-state index in [0.717, 1.165) is 49.5 Å². The molecule has 7 heteroatoms. The maximum absolute atomic E-state index is 13.4. The van der Waals surface area contributed by atoms with Gasteiger partial charge in [-0.1, -0.05) is 38.7 Å². The minimum atomic E-state index is -1.22. The molecule has 6 nitrogen and oxygen atoms in total. The van der Waals surface area contributed by atoms with Crippen LogP contribution >= 0.6 is 0 Å². The molecule has 1 aromatic rings. The number of aryl methyl sites for hydroxylation is 1.